The number of halogens is 2. The van der Waals surface area contributed by atoms with Gasteiger partial charge in [0.1, 0.15) is 5.75 Å². The van der Waals surface area contributed by atoms with Gasteiger partial charge in [0.25, 0.3) is 0 Å². The molecular formula is C16H16Cl2N2O3. The molecule has 0 fully saturated rings. The first-order chi connectivity index (χ1) is 11.1. The molecule has 0 aliphatic heterocycles. The van der Waals surface area contributed by atoms with E-state index in [4.69, 9.17) is 32.7 Å². The molecule has 7 heteroatoms. The van der Waals surface area contributed by atoms with Crippen LogP contribution in [0, 0.1) is 0 Å². The van der Waals surface area contributed by atoms with E-state index in [9.17, 15) is 4.79 Å². The summed E-state index contributed by atoms with van der Waals surface area (Å²) in [6.07, 6.45) is 2.44. The number of nitrogens with one attached hydrogen (secondary N) is 1. The zero-order valence-electron chi connectivity index (χ0n) is 12.5. The summed E-state index contributed by atoms with van der Waals surface area (Å²) in [5.74, 6) is 0.940. The smallest absolute Gasteiger partial charge is 0.224 e. The number of aromatic nitrogens is 1. The zero-order chi connectivity index (χ0) is 16.7. The first kappa shape index (κ1) is 17.4. The number of hydrogen-bond acceptors (Lipinski definition) is 4. The van der Waals surface area contributed by atoms with Crippen molar-refractivity contribution in [2.45, 2.75) is 12.8 Å². The highest BCUT2D eigenvalue weighted by atomic mass is 35.5. The molecule has 1 aromatic heterocycles. The Bertz CT molecular complexity index is 663. The fraction of sp³-hybridized carbons (Fsp3) is 0.250. The summed E-state index contributed by atoms with van der Waals surface area (Å²) in [5.41, 5.74) is 0.623. The van der Waals surface area contributed by atoms with E-state index in [-0.39, 0.29) is 5.91 Å². The Morgan fingerprint density at radius 2 is 2.09 bits per heavy atom. The molecule has 0 spiro atoms. The number of carbonyl (C=O) groups is 1. The van der Waals surface area contributed by atoms with Crippen LogP contribution in [0.4, 0.5) is 5.69 Å². The molecule has 1 aromatic carbocycles. The molecule has 0 aliphatic carbocycles. The quantitative estimate of drug-likeness (QED) is 0.757. The van der Waals surface area contributed by atoms with Gasteiger partial charge >= 0.3 is 0 Å². The minimum absolute atomic E-state index is 0.109. The van der Waals surface area contributed by atoms with Gasteiger partial charge < -0.3 is 14.8 Å². The second-order valence-corrected chi connectivity index (χ2v) is 5.51. The molecule has 0 bridgehead atoms. The molecule has 0 radical (unpaired) electrons. The van der Waals surface area contributed by atoms with Crippen LogP contribution in [0.25, 0.3) is 0 Å². The van der Waals surface area contributed by atoms with Crippen molar-refractivity contribution in [1.29, 1.82) is 0 Å². The maximum atomic E-state index is 11.8. The zero-order valence-corrected chi connectivity index (χ0v) is 14.0. The molecule has 23 heavy (non-hydrogen) atoms. The van der Waals surface area contributed by atoms with Crippen molar-refractivity contribution >= 4 is 34.8 Å². The number of carbonyl (C=O) groups excluding carboxylic acids is 1. The molecule has 0 aliphatic rings. The Kier molecular flexibility index (Phi) is 6.50. The SMILES string of the molecule is COc1ccc(NC(=O)CCCOc2ccc(Cl)cc2Cl)cn1. The Labute approximate surface area is 144 Å². The highest BCUT2D eigenvalue weighted by Gasteiger charge is 2.05. The van der Waals surface area contributed by atoms with E-state index in [1.54, 1.807) is 36.5 Å². The standard InChI is InChI=1S/C16H16Cl2N2O3/c1-22-16-7-5-12(10-19-16)20-15(21)3-2-8-23-14-6-4-11(17)9-13(14)18/h4-7,9-10H,2-3,8H2,1H3,(H,20,21). The van der Waals surface area contributed by atoms with E-state index in [2.05, 4.69) is 10.3 Å². The van der Waals surface area contributed by atoms with Gasteiger partial charge in [0.05, 0.1) is 30.6 Å². The summed E-state index contributed by atoms with van der Waals surface area (Å²) in [7, 11) is 1.54. The van der Waals surface area contributed by atoms with Crippen molar-refractivity contribution in [2.24, 2.45) is 0 Å². The lowest BCUT2D eigenvalue weighted by Gasteiger charge is -2.08. The van der Waals surface area contributed by atoms with Gasteiger partial charge in [0.2, 0.25) is 11.8 Å². The molecular weight excluding hydrogens is 339 g/mol. The summed E-state index contributed by atoms with van der Waals surface area (Å²) in [4.78, 5) is 15.8. The number of benzene rings is 1. The van der Waals surface area contributed by atoms with Crippen molar-refractivity contribution in [3.05, 3.63) is 46.6 Å². The summed E-state index contributed by atoms with van der Waals surface area (Å²) >= 11 is 11.8. The lowest BCUT2D eigenvalue weighted by atomic mass is 10.3. The molecule has 0 saturated heterocycles. The fourth-order valence-corrected chi connectivity index (χ4v) is 2.27. The molecule has 0 saturated carbocycles. The van der Waals surface area contributed by atoms with Gasteiger partial charge in [-0.3, -0.25) is 4.79 Å². The van der Waals surface area contributed by atoms with Crippen LogP contribution >= 0.6 is 23.2 Å². The summed E-state index contributed by atoms with van der Waals surface area (Å²) in [6, 6.07) is 8.43. The predicted molar refractivity (Wildman–Crippen MR) is 90.6 cm³/mol. The lowest BCUT2D eigenvalue weighted by molar-refractivity contribution is -0.116. The molecule has 122 valence electrons. The number of rotatable bonds is 7. The summed E-state index contributed by atoms with van der Waals surface area (Å²) < 4.78 is 10.5. The van der Waals surface area contributed by atoms with Gasteiger partial charge in [-0.2, -0.15) is 0 Å². The van der Waals surface area contributed by atoms with Crippen molar-refractivity contribution in [1.82, 2.24) is 4.98 Å². The largest absolute Gasteiger partial charge is 0.492 e. The Balaban J connectivity index is 1.72. The van der Waals surface area contributed by atoms with Gasteiger partial charge in [0, 0.05) is 17.5 Å². The fourth-order valence-electron chi connectivity index (χ4n) is 1.81. The second kappa shape index (κ2) is 8.60. The molecule has 1 amide bonds. The minimum Gasteiger partial charge on any atom is -0.492 e. The van der Waals surface area contributed by atoms with Gasteiger partial charge in [-0.15, -0.1) is 0 Å². The molecule has 0 atom stereocenters. The normalized spacial score (nSPS) is 10.2. The maximum Gasteiger partial charge on any atom is 0.224 e. The number of hydrogen-bond donors (Lipinski definition) is 1. The third-order valence-electron chi connectivity index (χ3n) is 2.93. The molecule has 1 N–H and O–H groups in total. The Morgan fingerprint density at radius 3 is 2.74 bits per heavy atom. The number of nitrogens with zero attached hydrogens (tertiary/aromatic N) is 1. The van der Waals surface area contributed by atoms with E-state index in [1.165, 1.54) is 7.11 Å². The number of methoxy groups -OCH3 is 1. The van der Waals surface area contributed by atoms with Gasteiger partial charge in [-0.1, -0.05) is 23.2 Å². The van der Waals surface area contributed by atoms with Gasteiger partial charge in [0.15, 0.2) is 0 Å². The first-order valence-corrected chi connectivity index (χ1v) is 7.72. The van der Waals surface area contributed by atoms with Crippen LogP contribution in [0.5, 0.6) is 11.6 Å². The van der Waals surface area contributed by atoms with E-state index < -0.39 is 0 Å². The van der Waals surface area contributed by atoms with E-state index >= 15 is 0 Å². The van der Waals surface area contributed by atoms with Crippen LogP contribution in [0.3, 0.4) is 0 Å². The monoisotopic (exact) mass is 354 g/mol. The number of pyridine rings is 1. The lowest BCUT2D eigenvalue weighted by Crippen LogP contribution is -2.13. The van der Waals surface area contributed by atoms with Crippen LogP contribution in [0.2, 0.25) is 10.0 Å². The van der Waals surface area contributed by atoms with E-state index in [0.29, 0.717) is 46.8 Å². The van der Waals surface area contributed by atoms with Gasteiger partial charge in [-0.25, -0.2) is 4.98 Å². The van der Waals surface area contributed by atoms with Crippen LogP contribution in [-0.4, -0.2) is 24.6 Å². The van der Waals surface area contributed by atoms with Crippen molar-refractivity contribution < 1.29 is 14.3 Å². The highest BCUT2D eigenvalue weighted by Crippen LogP contribution is 2.27. The number of anilines is 1. The van der Waals surface area contributed by atoms with Crippen LogP contribution in [-0.2, 0) is 4.79 Å². The molecule has 1 heterocycles. The van der Waals surface area contributed by atoms with Crippen molar-refractivity contribution in [2.75, 3.05) is 19.0 Å². The van der Waals surface area contributed by atoms with Crippen LogP contribution in [0.15, 0.2) is 36.5 Å². The third-order valence-corrected chi connectivity index (χ3v) is 3.46. The van der Waals surface area contributed by atoms with Crippen LogP contribution < -0.4 is 14.8 Å². The minimum atomic E-state index is -0.109. The van der Waals surface area contributed by atoms with Crippen molar-refractivity contribution in [3.8, 4) is 11.6 Å². The first-order valence-electron chi connectivity index (χ1n) is 6.96. The Hall–Kier alpha value is -1.98. The highest BCUT2D eigenvalue weighted by molar-refractivity contribution is 6.35. The maximum absolute atomic E-state index is 11.8. The number of amides is 1. The molecule has 2 aromatic rings. The predicted octanol–water partition coefficient (Wildman–Crippen LogP) is 4.19. The molecule has 2 rings (SSSR count). The summed E-state index contributed by atoms with van der Waals surface area (Å²) in [6.45, 7) is 0.385. The summed E-state index contributed by atoms with van der Waals surface area (Å²) in [5, 5.41) is 3.76. The van der Waals surface area contributed by atoms with Gasteiger partial charge in [-0.05, 0) is 30.7 Å². The van der Waals surface area contributed by atoms with E-state index in [1.807, 2.05) is 0 Å². The average Bonchev–Trinajstić information content (AvgIpc) is 2.54. The third kappa shape index (κ3) is 5.62. The average molecular weight is 355 g/mol. The van der Waals surface area contributed by atoms with Crippen LogP contribution in [0.1, 0.15) is 12.8 Å². The second-order valence-electron chi connectivity index (χ2n) is 4.66. The molecule has 5 nitrogen and oxygen atoms in total. The van der Waals surface area contributed by atoms with E-state index in [0.717, 1.165) is 0 Å². The van der Waals surface area contributed by atoms with Crippen molar-refractivity contribution in [3.63, 3.8) is 0 Å². The molecule has 0 unspecified atom stereocenters. The Morgan fingerprint density at radius 1 is 1.26 bits per heavy atom. The number of ether oxygens (including phenoxy) is 2. The topological polar surface area (TPSA) is 60.5 Å².